The minimum atomic E-state index is -0.549. The van der Waals surface area contributed by atoms with Crippen LogP contribution in [0.2, 0.25) is 0 Å². The lowest BCUT2D eigenvalue weighted by Crippen LogP contribution is -2.33. The number of carbonyl (C=O) groups excluding carboxylic acids is 2. The number of alkyl carbamates (subject to hydrolysis) is 1. The first kappa shape index (κ1) is 22.7. The van der Waals surface area contributed by atoms with E-state index in [9.17, 15) is 9.59 Å². The van der Waals surface area contributed by atoms with E-state index in [-0.39, 0.29) is 12.3 Å². The Hall–Kier alpha value is -3.03. The molecular formula is C23H31N3O5. The molecule has 0 saturated heterocycles. The molecular weight excluding hydrogens is 398 g/mol. The molecule has 0 bridgehead atoms. The molecule has 31 heavy (non-hydrogen) atoms. The molecule has 8 nitrogen and oxygen atoms in total. The molecule has 0 spiro atoms. The van der Waals surface area contributed by atoms with Crippen LogP contribution in [0.25, 0.3) is 11.0 Å². The normalized spacial score (nSPS) is 14.1. The number of benzene rings is 1. The molecule has 0 fully saturated rings. The Balaban J connectivity index is 1.65. The maximum atomic E-state index is 12.2. The number of hydrogen-bond donors (Lipinski definition) is 2. The van der Waals surface area contributed by atoms with Crippen LogP contribution in [0.1, 0.15) is 57.6 Å². The number of rotatable bonds is 6. The highest BCUT2D eigenvalue weighted by Gasteiger charge is 2.18. The molecule has 1 aliphatic carbocycles. The van der Waals surface area contributed by atoms with Crippen LogP contribution in [0.5, 0.6) is 5.75 Å². The summed E-state index contributed by atoms with van der Waals surface area (Å²) in [5.41, 5.74) is 5.45. The Bertz CT molecular complexity index is 1020. The van der Waals surface area contributed by atoms with E-state index in [4.69, 9.17) is 13.9 Å². The first-order valence-corrected chi connectivity index (χ1v) is 10.7. The van der Waals surface area contributed by atoms with Crippen LogP contribution in [-0.4, -0.2) is 31.3 Å². The summed E-state index contributed by atoms with van der Waals surface area (Å²) in [7, 11) is 1.61. The molecule has 2 amide bonds. The molecule has 1 aliphatic rings. The number of amides is 2. The molecule has 0 aliphatic heterocycles. The predicted octanol–water partition coefficient (Wildman–Crippen LogP) is 3.56. The zero-order valence-corrected chi connectivity index (χ0v) is 18.7. The van der Waals surface area contributed by atoms with E-state index in [1.54, 1.807) is 27.9 Å². The summed E-state index contributed by atoms with van der Waals surface area (Å²) in [5.74, 6) is 0.468. The lowest BCUT2D eigenvalue weighted by atomic mass is 9.90. The van der Waals surface area contributed by atoms with E-state index in [0.717, 1.165) is 36.6 Å². The molecule has 1 aromatic heterocycles. The van der Waals surface area contributed by atoms with Crippen molar-refractivity contribution in [1.29, 1.82) is 0 Å². The molecule has 2 aromatic rings. The standard InChI is InChI=1S/C23H31N3O5/c1-23(2,3)31-22(28)24-13-7-10-20(27)25-26-21-18-9-6-5-8-16(18)17-12-11-15(29-4)14-19(17)30-21/h11-12,14H,5-10,13H2,1-4H3,(H,24,28)(H,25,27). The summed E-state index contributed by atoms with van der Waals surface area (Å²) in [6.07, 6.45) is 4.23. The predicted molar refractivity (Wildman–Crippen MR) is 117 cm³/mol. The van der Waals surface area contributed by atoms with Crippen LogP contribution < -0.4 is 21.0 Å². The number of hydrogen-bond acceptors (Lipinski definition) is 6. The fraction of sp³-hybridized carbons (Fsp3) is 0.522. The third kappa shape index (κ3) is 6.23. The van der Waals surface area contributed by atoms with Crippen LogP contribution in [0.3, 0.4) is 0 Å². The minimum absolute atomic E-state index is 0.225. The smallest absolute Gasteiger partial charge is 0.407 e. The lowest BCUT2D eigenvalue weighted by Gasteiger charge is -2.19. The van der Waals surface area contributed by atoms with Crippen molar-refractivity contribution in [3.63, 3.8) is 0 Å². The van der Waals surface area contributed by atoms with Crippen molar-refractivity contribution < 1.29 is 23.5 Å². The highest BCUT2D eigenvalue weighted by Crippen LogP contribution is 2.28. The Morgan fingerprint density at radius 3 is 2.61 bits per heavy atom. The van der Waals surface area contributed by atoms with Gasteiger partial charge in [0.05, 0.1) is 7.11 Å². The summed E-state index contributed by atoms with van der Waals surface area (Å²) in [4.78, 5) is 23.8. The maximum absolute atomic E-state index is 12.2. The van der Waals surface area contributed by atoms with Crippen molar-refractivity contribution in [1.82, 2.24) is 10.7 Å². The van der Waals surface area contributed by atoms with Crippen molar-refractivity contribution >= 4 is 23.0 Å². The van der Waals surface area contributed by atoms with Gasteiger partial charge in [0, 0.05) is 30.0 Å². The van der Waals surface area contributed by atoms with Gasteiger partial charge in [0.1, 0.15) is 16.9 Å². The number of nitrogens with zero attached hydrogens (tertiary/aromatic N) is 1. The molecule has 0 unspecified atom stereocenters. The largest absolute Gasteiger partial charge is 0.497 e. The Kier molecular flexibility index (Phi) is 7.20. The molecule has 1 aromatic carbocycles. The number of methoxy groups -OCH3 is 1. The Morgan fingerprint density at radius 1 is 1.16 bits per heavy atom. The fourth-order valence-electron chi connectivity index (χ4n) is 3.58. The first-order chi connectivity index (χ1) is 14.8. The average molecular weight is 430 g/mol. The van der Waals surface area contributed by atoms with Gasteiger partial charge < -0.3 is 19.2 Å². The Labute approximate surface area is 182 Å². The summed E-state index contributed by atoms with van der Waals surface area (Å²) < 4.78 is 16.5. The zero-order chi connectivity index (χ0) is 22.4. The van der Waals surface area contributed by atoms with Gasteiger partial charge in [-0.2, -0.15) is 0 Å². The summed E-state index contributed by atoms with van der Waals surface area (Å²) in [6, 6.07) is 5.78. The monoisotopic (exact) mass is 429 g/mol. The van der Waals surface area contributed by atoms with E-state index in [1.165, 1.54) is 5.56 Å². The Morgan fingerprint density at radius 2 is 1.90 bits per heavy atom. The molecule has 8 heteroatoms. The van der Waals surface area contributed by atoms with Crippen LogP contribution in [0.4, 0.5) is 4.79 Å². The molecule has 3 rings (SSSR count). The van der Waals surface area contributed by atoms with Crippen molar-refractivity contribution in [2.75, 3.05) is 13.7 Å². The van der Waals surface area contributed by atoms with Gasteiger partial charge in [0.15, 0.2) is 0 Å². The van der Waals surface area contributed by atoms with E-state index in [1.807, 2.05) is 18.2 Å². The quantitative estimate of drug-likeness (QED) is 0.540. The van der Waals surface area contributed by atoms with Crippen molar-refractivity contribution in [2.24, 2.45) is 5.10 Å². The van der Waals surface area contributed by atoms with Crippen LogP contribution in [0.15, 0.2) is 27.7 Å². The fourth-order valence-corrected chi connectivity index (χ4v) is 3.58. The van der Waals surface area contributed by atoms with Gasteiger partial charge in [0.25, 0.3) is 0 Å². The summed E-state index contributed by atoms with van der Waals surface area (Å²) in [6.45, 7) is 5.74. The molecule has 168 valence electrons. The highest BCUT2D eigenvalue weighted by molar-refractivity contribution is 5.83. The third-order valence-corrected chi connectivity index (χ3v) is 4.98. The van der Waals surface area contributed by atoms with Gasteiger partial charge in [-0.3, -0.25) is 4.79 Å². The number of fused-ring (bicyclic) bond motifs is 3. The minimum Gasteiger partial charge on any atom is -0.497 e. The average Bonchev–Trinajstić information content (AvgIpc) is 2.73. The second kappa shape index (κ2) is 9.85. The van der Waals surface area contributed by atoms with Gasteiger partial charge in [-0.1, -0.05) is 0 Å². The number of aryl methyl sites for hydroxylation is 1. The van der Waals surface area contributed by atoms with Crippen molar-refractivity contribution in [3.8, 4) is 5.75 Å². The van der Waals surface area contributed by atoms with Crippen molar-refractivity contribution in [2.45, 2.75) is 64.9 Å². The van der Waals surface area contributed by atoms with E-state index in [0.29, 0.717) is 29.9 Å². The summed E-state index contributed by atoms with van der Waals surface area (Å²) in [5, 5.41) is 7.97. The maximum Gasteiger partial charge on any atom is 0.407 e. The third-order valence-electron chi connectivity index (χ3n) is 4.98. The SMILES string of the molecule is COc1ccc2c3c(c(=NNC(=O)CCCNC(=O)OC(C)(C)C)oc2c1)CCCC3. The van der Waals surface area contributed by atoms with Crippen LogP contribution >= 0.6 is 0 Å². The van der Waals surface area contributed by atoms with Gasteiger partial charge in [-0.25, -0.2) is 10.2 Å². The topological polar surface area (TPSA) is 102 Å². The van der Waals surface area contributed by atoms with Crippen LogP contribution in [-0.2, 0) is 22.4 Å². The van der Waals surface area contributed by atoms with Crippen molar-refractivity contribution in [3.05, 3.63) is 34.9 Å². The molecule has 0 atom stereocenters. The molecule has 2 N–H and O–H groups in total. The second-order valence-corrected chi connectivity index (χ2v) is 8.61. The summed E-state index contributed by atoms with van der Waals surface area (Å²) >= 11 is 0. The van der Waals surface area contributed by atoms with E-state index < -0.39 is 11.7 Å². The molecule has 1 heterocycles. The van der Waals surface area contributed by atoms with Gasteiger partial charge in [0.2, 0.25) is 11.5 Å². The lowest BCUT2D eigenvalue weighted by molar-refractivity contribution is -0.121. The number of ether oxygens (including phenoxy) is 2. The van der Waals surface area contributed by atoms with Crippen LogP contribution in [0, 0.1) is 0 Å². The second-order valence-electron chi connectivity index (χ2n) is 8.61. The molecule has 0 radical (unpaired) electrons. The number of nitrogens with one attached hydrogen (secondary N) is 2. The number of carbonyl (C=O) groups is 2. The van der Waals surface area contributed by atoms with Gasteiger partial charge in [-0.15, -0.1) is 5.10 Å². The van der Waals surface area contributed by atoms with Gasteiger partial charge in [-0.05, 0) is 70.6 Å². The first-order valence-electron chi connectivity index (χ1n) is 10.7. The molecule has 0 saturated carbocycles. The van der Waals surface area contributed by atoms with E-state index in [2.05, 4.69) is 15.8 Å². The van der Waals surface area contributed by atoms with Gasteiger partial charge >= 0.3 is 6.09 Å². The highest BCUT2D eigenvalue weighted by atomic mass is 16.6. The van der Waals surface area contributed by atoms with E-state index >= 15 is 0 Å². The zero-order valence-electron chi connectivity index (χ0n) is 18.7.